The Morgan fingerprint density at radius 3 is 2.42 bits per heavy atom. The van der Waals surface area contributed by atoms with Crippen LogP contribution in [0.3, 0.4) is 0 Å². The van der Waals surface area contributed by atoms with Gasteiger partial charge in [-0.15, -0.1) is 0 Å². The normalized spacial score (nSPS) is 10.2. The Hall–Kier alpha value is -0.980. The lowest BCUT2D eigenvalue weighted by atomic mass is 10.1. The highest BCUT2D eigenvalue weighted by Crippen LogP contribution is 2.06. The molecule has 66 valence electrons. The van der Waals surface area contributed by atoms with Crippen molar-refractivity contribution in [1.29, 1.82) is 0 Å². The maximum Gasteiger partial charge on any atom is 0.0340 e. The second-order valence-corrected chi connectivity index (χ2v) is 3.48. The van der Waals surface area contributed by atoms with Gasteiger partial charge in [0, 0.05) is 12.2 Å². The minimum atomic E-state index is 0.779. The highest BCUT2D eigenvalue weighted by Gasteiger charge is 1.92. The van der Waals surface area contributed by atoms with Crippen molar-refractivity contribution in [3.05, 3.63) is 30.3 Å². The molecule has 0 heterocycles. The molecule has 0 saturated carbocycles. The van der Waals surface area contributed by atoms with Crippen LogP contribution in [0, 0.1) is 5.92 Å². The van der Waals surface area contributed by atoms with Gasteiger partial charge in [0.25, 0.3) is 0 Å². The summed E-state index contributed by atoms with van der Waals surface area (Å²) in [5, 5.41) is 3.38. The largest absolute Gasteiger partial charge is 0.385 e. The van der Waals surface area contributed by atoms with Gasteiger partial charge in [-0.25, -0.2) is 0 Å². The first-order chi connectivity index (χ1) is 5.79. The van der Waals surface area contributed by atoms with Gasteiger partial charge in [0.15, 0.2) is 0 Å². The summed E-state index contributed by atoms with van der Waals surface area (Å²) >= 11 is 0. The first kappa shape index (κ1) is 9.11. The number of nitrogens with one attached hydrogen (secondary N) is 1. The van der Waals surface area contributed by atoms with Crippen LogP contribution in [-0.4, -0.2) is 6.54 Å². The number of anilines is 1. The monoisotopic (exact) mass is 163 g/mol. The van der Waals surface area contributed by atoms with Crippen molar-refractivity contribution in [2.75, 3.05) is 11.9 Å². The molecule has 0 unspecified atom stereocenters. The van der Waals surface area contributed by atoms with Gasteiger partial charge in [0.1, 0.15) is 0 Å². The average Bonchev–Trinajstić information content (AvgIpc) is 2.05. The molecule has 0 aliphatic rings. The van der Waals surface area contributed by atoms with Gasteiger partial charge >= 0.3 is 0 Å². The second-order valence-electron chi connectivity index (χ2n) is 3.48. The highest BCUT2D eigenvalue weighted by molar-refractivity contribution is 5.42. The van der Waals surface area contributed by atoms with E-state index in [2.05, 4.69) is 43.4 Å². The summed E-state index contributed by atoms with van der Waals surface area (Å²) < 4.78 is 0. The molecule has 0 aliphatic carbocycles. The molecular weight excluding hydrogens is 146 g/mol. The Labute approximate surface area is 74.8 Å². The van der Waals surface area contributed by atoms with Gasteiger partial charge in [0.2, 0.25) is 0 Å². The van der Waals surface area contributed by atoms with E-state index in [9.17, 15) is 0 Å². The van der Waals surface area contributed by atoms with Crippen LogP contribution in [0.1, 0.15) is 20.3 Å². The molecule has 0 saturated heterocycles. The van der Waals surface area contributed by atoms with E-state index in [1.54, 1.807) is 0 Å². The summed E-state index contributed by atoms with van der Waals surface area (Å²) in [7, 11) is 0. The van der Waals surface area contributed by atoms with Crippen molar-refractivity contribution in [3.8, 4) is 0 Å². The summed E-state index contributed by atoms with van der Waals surface area (Å²) in [4.78, 5) is 0. The molecule has 0 aromatic heterocycles. The Morgan fingerprint density at radius 1 is 1.17 bits per heavy atom. The van der Waals surface area contributed by atoms with Crippen molar-refractivity contribution in [2.24, 2.45) is 5.92 Å². The van der Waals surface area contributed by atoms with E-state index in [1.807, 2.05) is 6.07 Å². The van der Waals surface area contributed by atoms with E-state index in [-0.39, 0.29) is 0 Å². The number of para-hydroxylation sites is 1. The van der Waals surface area contributed by atoms with Crippen LogP contribution < -0.4 is 5.32 Å². The number of hydrogen-bond acceptors (Lipinski definition) is 1. The van der Waals surface area contributed by atoms with Gasteiger partial charge in [-0.1, -0.05) is 32.0 Å². The molecule has 1 nitrogen and oxygen atoms in total. The van der Waals surface area contributed by atoms with Crippen molar-refractivity contribution in [2.45, 2.75) is 20.3 Å². The second kappa shape index (κ2) is 4.81. The predicted molar refractivity (Wildman–Crippen MR) is 54.4 cm³/mol. The van der Waals surface area contributed by atoms with Crippen LogP contribution in [0.4, 0.5) is 5.69 Å². The van der Waals surface area contributed by atoms with E-state index in [4.69, 9.17) is 0 Å². The van der Waals surface area contributed by atoms with E-state index in [1.165, 1.54) is 12.1 Å². The molecule has 0 amide bonds. The van der Waals surface area contributed by atoms with Crippen LogP contribution in [-0.2, 0) is 0 Å². The SMILES string of the molecule is CC(C)CCNc1ccccc1. The standard InChI is InChI=1S/C11H17N/c1-10(2)8-9-12-11-6-4-3-5-7-11/h3-7,10,12H,8-9H2,1-2H3. The number of rotatable bonds is 4. The maximum absolute atomic E-state index is 3.38. The lowest BCUT2D eigenvalue weighted by Gasteiger charge is -2.07. The van der Waals surface area contributed by atoms with Crippen molar-refractivity contribution < 1.29 is 0 Å². The summed E-state index contributed by atoms with van der Waals surface area (Å²) in [6.07, 6.45) is 1.23. The van der Waals surface area contributed by atoms with E-state index < -0.39 is 0 Å². The van der Waals surface area contributed by atoms with Gasteiger partial charge in [-0.05, 0) is 24.5 Å². The zero-order valence-corrected chi connectivity index (χ0v) is 7.88. The topological polar surface area (TPSA) is 12.0 Å². The summed E-state index contributed by atoms with van der Waals surface area (Å²) in [6, 6.07) is 10.3. The van der Waals surface area contributed by atoms with Crippen molar-refractivity contribution in [3.63, 3.8) is 0 Å². The average molecular weight is 163 g/mol. The fourth-order valence-corrected chi connectivity index (χ4v) is 1.06. The minimum absolute atomic E-state index is 0.779. The fraction of sp³-hybridized carbons (Fsp3) is 0.455. The van der Waals surface area contributed by atoms with Crippen molar-refractivity contribution in [1.82, 2.24) is 0 Å². The number of hydrogen-bond donors (Lipinski definition) is 1. The molecule has 1 aromatic carbocycles. The van der Waals surface area contributed by atoms with Gasteiger partial charge in [-0.2, -0.15) is 0 Å². The first-order valence-electron chi connectivity index (χ1n) is 4.58. The first-order valence-corrected chi connectivity index (χ1v) is 4.58. The lowest BCUT2D eigenvalue weighted by Crippen LogP contribution is -2.04. The van der Waals surface area contributed by atoms with Crippen molar-refractivity contribution >= 4 is 5.69 Å². The smallest absolute Gasteiger partial charge is 0.0340 e. The predicted octanol–water partition coefficient (Wildman–Crippen LogP) is 3.14. The lowest BCUT2D eigenvalue weighted by molar-refractivity contribution is 0.607. The fourth-order valence-electron chi connectivity index (χ4n) is 1.06. The molecule has 0 bridgehead atoms. The van der Waals surface area contributed by atoms with Crippen LogP contribution in [0.2, 0.25) is 0 Å². The van der Waals surface area contributed by atoms with Gasteiger partial charge in [-0.3, -0.25) is 0 Å². The quantitative estimate of drug-likeness (QED) is 0.719. The van der Waals surface area contributed by atoms with Crippen LogP contribution in [0.15, 0.2) is 30.3 Å². The third-order valence-electron chi connectivity index (χ3n) is 1.82. The molecule has 0 spiro atoms. The Balaban J connectivity index is 2.25. The molecule has 1 N–H and O–H groups in total. The van der Waals surface area contributed by atoms with Crippen LogP contribution in [0.25, 0.3) is 0 Å². The molecule has 0 fully saturated rings. The molecule has 1 rings (SSSR count). The Kier molecular flexibility index (Phi) is 3.65. The highest BCUT2D eigenvalue weighted by atomic mass is 14.9. The maximum atomic E-state index is 3.38. The zero-order valence-electron chi connectivity index (χ0n) is 7.88. The molecule has 0 radical (unpaired) electrons. The van der Waals surface area contributed by atoms with Crippen LogP contribution in [0.5, 0.6) is 0 Å². The van der Waals surface area contributed by atoms with E-state index in [0.717, 1.165) is 12.5 Å². The molecule has 0 atom stereocenters. The third-order valence-corrected chi connectivity index (χ3v) is 1.82. The minimum Gasteiger partial charge on any atom is -0.385 e. The molecule has 1 aromatic rings. The molecule has 12 heavy (non-hydrogen) atoms. The van der Waals surface area contributed by atoms with Gasteiger partial charge in [0.05, 0.1) is 0 Å². The zero-order chi connectivity index (χ0) is 8.81. The Bertz CT molecular complexity index is 204. The summed E-state index contributed by atoms with van der Waals surface area (Å²) in [5.74, 6) is 0.779. The summed E-state index contributed by atoms with van der Waals surface area (Å²) in [5.41, 5.74) is 1.22. The summed E-state index contributed by atoms with van der Waals surface area (Å²) in [6.45, 7) is 5.56. The van der Waals surface area contributed by atoms with Crippen LogP contribution >= 0.6 is 0 Å². The van der Waals surface area contributed by atoms with Gasteiger partial charge < -0.3 is 5.32 Å². The molecular formula is C11H17N. The Morgan fingerprint density at radius 2 is 1.83 bits per heavy atom. The van der Waals surface area contributed by atoms with E-state index >= 15 is 0 Å². The third kappa shape index (κ3) is 3.42. The molecule has 0 aliphatic heterocycles. The van der Waals surface area contributed by atoms with E-state index in [0.29, 0.717) is 0 Å². The number of benzene rings is 1. The molecule has 1 heteroatoms.